The molecular weight excluding hydrogens is 972 g/mol. The Kier molecular flexibility index (Phi) is 55.7. The van der Waals surface area contributed by atoms with Crippen molar-refractivity contribution in [3.05, 3.63) is 109 Å². The average molecular weight is 1090 g/mol. The van der Waals surface area contributed by atoms with E-state index in [1.54, 1.807) is 6.08 Å². The van der Waals surface area contributed by atoms with Crippen molar-refractivity contribution >= 4 is 13.7 Å². The monoisotopic (exact) mass is 1090 g/mol. The van der Waals surface area contributed by atoms with Gasteiger partial charge in [0, 0.05) is 6.42 Å². The van der Waals surface area contributed by atoms with Crippen LogP contribution in [0.5, 0.6) is 0 Å². The van der Waals surface area contributed by atoms with Gasteiger partial charge in [-0.3, -0.25) is 13.8 Å². The number of hydrogen-bond donors (Lipinski definition) is 3. The standard InChI is InChI=1S/C68H121N2O6P/c1-6-8-10-12-14-16-18-20-22-24-26-28-30-31-32-33-34-35-36-37-38-39-40-42-44-46-48-50-52-54-56-58-60-62-68(72)69-66(65-76-77(73,74)75-64-63-70(3,4)5)67(71)61-59-57-55-53-51-49-47-45-43-41-29-27-25-23-21-19-17-15-13-11-9-7-2/h8,10,14,16,20,22,26,28,31-32,34-35,37-38,40,42,59,61,66-67,71H,6-7,9,11-13,15,17-19,21,23-25,27,29-30,33,36,39,41,43-58,60,62-65H2,1-5H3,(H-,69,72,73,74)/p+1/b10-8-,16-14-,22-20-,28-26-,32-31-,35-34-,38-37-,42-40-,61-59+. The van der Waals surface area contributed by atoms with Crippen LogP contribution in [0.1, 0.15) is 264 Å². The molecule has 3 unspecified atom stereocenters. The van der Waals surface area contributed by atoms with E-state index in [0.29, 0.717) is 17.4 Å². The Hall–Kier alpha value is -2.84. The first kappa shape index (κ1) is 74.2. The number of aliphatic hydroxyl groups is 1. The lowest BCUT2D eigenvalue weighted by Gasteiger charge is -2.25. The van der Waals surface area contributed by atoms with Gasteiger partial charge in [-0.15, -0.1) is 0 Å². The zero-order valence-electron chi connectivity index (χ0n) is 50.7. The summed E-state index contributed by atoms with van der Waals surface area (Å²) in [6, 6.07) is -0.860. The number of nitrogens with zero attached hydrogens (tertiary/aromatic N) is 1. The first-order valence-electron chi connectivity index (χ1n) is 31.8. The van der Waals surface area contributed by atoms with Gasteiger partial charge in [0.1, 0.15) is 13.2 Å². The molecule has 0 aliphatic rings. The molecular formula is C68H122N2O6P+. The van der Waals surface area contributed by atoms with Gasteiger partial charge in [0.2, 0.25) is 5.91 Å². The van der Waals surface area contributed by atoms with E-state index < -0.39 is 20.0 Å². The second-order valence-corrected chi connectivity index (χ2v) is 23.9. The molecule has 0 aliphatic carbocycles. The number of likely N-dealkylation sites (N-methyl/N-ethyl adjacent to an activating group) is 1. The Balaban J connectivity index is 4.21. The van der Waals surface area contributed by atoms with Crippen molar-refractivity contribution in [1.29, 1.82) is 0 Å². The lowest BCUT2D eigenvalue weighted by Crippen LogP contribution is -2.45. The Morgan fingerprint density at radius 1 is 0.455 bits per heavy atom. The summed E-state index contributed by atoms with van der Waals surface area (Å²) in [6.45, 7) is 4.71. The van der Waals surface area contributed by atoms with E-state index in [4.69, 9.17) is 9.05 Å². The van der Waals surface area contributed by atoms with Crippen LogP contribution in [-0.2, 0) is 18.4 Å². The van der Waals surface area contributed by atoms with E-state index in [-0.39, 0.29) is 19.1 Å². The van der Waals surface area contributed by atoms with Crippen LogP contribution in [0.4, 0.5) is 0 Å². The third kappa shape index (κ3) is 60.6. The number of phosphoric acid groups is 1. The number of allylic oxidation sites excluding steroid dienone is 17. The Labute approximate surface area is 476 Å². The Morgan fingerprint density at radius 3 is 1.14 bits per heavy atom. The molecule has 0 heterocycles. The number of quaternary nitrogens is 1. The van der Waals surface area contributed by atoms with Crippen LogP contribution in [0.2, 0.25) is 0 Å². The van der Waals surface area contributed by atoms with Gasteiger partial charge in [-0.2, -0.15) is 0 Å². The first-order chi connectivity index (χ1) is 37.5. The quantitative estimate of drug-likeness (QED) is 0.0243. The van der Waals surface area contributed by atoms with Crippen molar-refractivity contribution in [3.8, 4) is 0 Å². The van der Waals surface area contributed by atoms with Crippen molar-refractivity contribution in [2.45, 2.75) is 276 Å². The van der Waals surface area contributed by atoms with E-state index >= 15 is 0 Å². The van der Waals surface area contributed by atoms with Gasteiger partial charge in [-0.25, -0.2) is 4.57 Å². The largest absolute Gasteiger partial charge is 0.472 e. The molecule has 8 nitrogen and oxygen atoms in total. The van der Waals surface area contributed by atoms with Crippen molar-refractivity contribution in [2.24, 2.45) is 0 Å². The van der Waals surface area contributed by atoms with E-state index in [2.05, 4.69) is 116 Å². The summed E-state index contributed by atoms with van der Waals surface area (Å²) in [4.78, 5) is 23.4. The maximum atomic E-state index is 13.0. The fourth-order valence-electron chi connectivity index (χ4n) is 8.82. The highest BCUT2D eigenvalue weighted by Gasteiger charge is 2.27. The zero-order valence-corrected chi connectivity index (χ0v) is 51.6. The molecule has 0 aliphatic heterocycles. The number of unbranched alkanes of at least 4 members (excludes halogenated alkanes) is 28. The highest BCUT2D eigenvalue weighted by Crippen LogP contribution is 2.43. The number of nitrogens with one attached hydrogen (secondary N) is 1. The van der Waals surface area contributed by atoms with Crippen LogP contribution >= 0.6 is 7.82 Å². The molecule has 0 radical (unpaired) electrons. The molecule has 0 aromatic rings. The SMILES string of the molecule is CC/C=C\C/C=C\C/C=C\C/C=C\C/C=C\C/C=C\C/C=C\C/C=C\CCCCCCCCCCC(=O)NC(COP(=O)(O)OCC[N+](C)(C)C)C(O)/C=C/CCCCCCCCCCCCCCCCCCCCCC. The Morgan fingerprint density at radius 2 is 0.779 bits per heavy atom. The van der Waals surface area contributed by atoms with Gasteiger partial charge < -0.3 is 19.8 Å². The number of carbonyl (C=O) groups excluding carboxylic acids is 1. The maximum Gasteiger partial charge on any atom is 0.472 e. The highest BCUT2D eigenvalue weighted by atomic mass is 31.2. The number of hydrogen-bond acceptors (Lipinski definition) is 5. The number of phosphoric ester groups is 1. The fourth-order valence-corrected chi connectivity index (χ4v) is 9.56. The van der Waals surface area contributed by atoms with Gasteiger partial charge in [-0.1, -0.05) is 284 Å². The minimum atomic E-state index is -4.36. The summed E-state index contributed by atoms with van der Waals surface area (Å²) in [5, 5.41) is 14.0. The fraction of sp³-hybridized carbons (Fsp3) is 0.721. The van der Waals surface area contributed by atoms with Gasteiger partial charge in [0.15, 0.2) is 0 Å². The van der Waals surface area contributed by atoms with Crippen LogP contribution in [-0.4, -0.2) is 73.4 Å². The molecule has 3 atom stereocenters. The summed E-state index contributed by atoms with van der Waals surface area (Å²) in [5.41, 5.74) is 0. The van der Waals surface area contributed by atoms with E-state index in [1.807, 2.05) is 27.2 Å². The van der Waals surface area contributed by atoms with Crippen LogP contribution in [0.15, 0.2) is 109 Å². The van der Waals surface area contributed by atoms with Gasteiger partial charge in [0.05, 0.1) is 39.9 Å². The molecule has 77 heavy (non-hydrogen) atoms. The number of rotatable bonds is 57. The van der Waals surface area contributed by atoms with Crippen molar-refractivity contribution < 1.29 is 32.9 Å². The van der Waals surface area contributed by atoms with E-state index in [9.17, 15) is 19.4 Å². The lowest BCUT2D eigenvalue weighted by molar-refractivity contribution is -0.870. The second-order valence-electron chi connectivity index (χ2n) is 22.4. The van der Waals surface area contributed by atoms with Gasteiger partial charge >= 0.3 is 7.82 Å². The molecule has 0 bridgehead atoms. The smallest absolute Gasteiger partial charge is 0.387 e. The molecule has 0 aromatic carbocycles. The third-order valence-electron chi connectivity index (χ3n) is 13.7. The zero-order chi connectivity index (χ0) is 56.3. The van der Waals surface area contributed by atoms with Crippen LogP contribution in [0.25, 0.3) is 0 Å². The summed E-state index contributed by atoms with van der Waals surface area (Å²) in [5.74, 6) is -0.188. The maximum absolute atomic E-state index is 13.0. The molecule has 0 fully saturated rings. The molecule has 0 saturated carbocycles. The molecule has 0 spiro atoms. The summed E-state index contributed by atoms with van der Waals surface area (Å²) < 4.78 is 23.8. The molecule has 3 N–H and O–H groups in total. The van der Waals surface area contributed by atoms with Crippen molar-refractivity contribution in [3.63, 3.8) is 0 Å². The topological polar surface area (TPSA) is 105 Å². The number of amides is 1. The van der Waals surface area contributed by atoms with Gasteiger partial charge in [-0.05, 0) is 83.5 Å². The molecule has 9 heteroatoms. The first-order valence-corrected chi connectivity index (χ1v) is 33.3. The minimum Gasteiger partial charge on any atom is -0.387 e. The molecule has 0 aromatic heterocycles. The number of carbonyl (C=O) groups is 1. The van der Waals surface area contributed by atoms with E-state index in [0.717, 1.165) is 96.3 Å². The predicted molar refractivity (Wildman–Crippen MR) is 336 cm³/mol. The van der Waals surface area contributed by atoms with Gasteiger partial charge in [0.25, 0.3) is 0 Å². The van der Waals surface area contributed by atoms with E-state index in [1.165, 1.54) is 148 Å². The molecule has 0 saturated heterocycles. The Bertz CT molecular complexity index is 1620. The van der Waals surface area contributed by atoms with Crippen molar-refractivity contribution in [1.82, 2.24) is 5.32 Å². The summed E-state index contributed by atoms with van der Waals surface area (Å²) in [7, 11) is 1.56. The number of aliphatic hydroxyl groups excluding tert-OH is 1. The normalized spacial score (nSPS) is 14.5. The van der Waals surface area contributed by atoms with Crippen molar-refractivity contribution in [2.75, 3.05) is 40.9 Å². The predicted octanol–water partition coefficient (Wildman–Crippen LogP) is 19.9. The molecule has 444 valence electrons. The highest BCUT2D eigenvalue weighted by molar-refractivity contribution is 7.47. The molecule has 0 rings (SSSR count). The summed E-state index contributed by atoms with van der Waals surface area (Å²) in [6.07, 6.45) is 84.8. The minimum absolute atomic E-state index is 0.0549. The molecule has 1 amide bonds. The van der Waals surface area contributed by atoms with Crippen LogP contribution in [0, 0.1) is 0 Å². The van der Waals surface area contributed by atoms with Crippen LogP contribution < -0.4 is 5.32 Å². The lowest BCUT2D eigenvalue weighted by atomic mass is 10.0. The third-order valence-corrected chi connectivity index (χ3v) is 14.7. The second kappa shape index (κ2) is 57.8. The summed E-state index contributed by atoms with van der Waals surface area (Å²) >= 11 is 0. The van der Waals surface area contributed by atoms with Crippen LogP contribution in [0.3, 0.4) is 0 Å². The average Bonchev–Trinajstić information content (AvgIpc) is 3.39.